The largest absolute Gasteiger partial charge is 0.493 e. The number of benzene rings is 1. The normalized spacial score (nSPS) is 11.5. The highest BCUT2D eigenvalue weighted by molar-refractivity contribution is 6.33. The monoisotopic (exact) mass is 258 g/mol. The number of aliphatic hydroxyl groups is 1. The first-order chi connectivity index (χ1) is 7.88. The van der Waals surface area contributed by atoms with Gasteiger partial charge in [0.2, 0.25) is 0 Å². The molecule has 1 aromatic rings. The summed E-state index contributed by atoms with van der Waals surface area (Å²) in [6.45, 7) is 5.84. The Morgan fingerprint density at radius 1 is 1.29 bits per heavy atom. The van der Waals surface area contributed by atoms with Crippen molar-refractivity contribution in [2.24, 2.45) is 0 Å². The topological polar surface area (TPSA) is 38.7 Å². The number of aliphatic hydroxyl groups excluding tert-OH is 1. The molecule has 0 amide bonds. The average molecular weight is 259 g/mol. The number of rotatable bonds is 4. The highest BCUT2D eigenvalue weighted by Gasteiger charge is 2.28. The molecule has 0 unspecified atom stereocenters. The van der Waals surface area contributed by atoms with Crippen LogP contribution in [0.2, 0.25) is 5.02 Å². The predicted molar refractivity (Wildman–Crippen MR) is 69.4 cm³/mol. The summed E-state index contributed by atoms with van der Waals surface area (Å²) in [6, 6.07) is 1.87. The molecule has 0 saturated carbocycles. The average Bonchev–Trinajstić information content (AvgIpc) is 2.27. The fraction of sp³-hybridized carbons (Fsp3) is 0.538. The van der Waals surface area contributed by atoms with E-state index in [0.29, 0.717) is 16.5 Å². The van der Waals surface area contributed by atoms with Gasteiger partial charge >= 0.3 is 0 Å². The smallest absolute Gasteiger partial charge is 0.179 e. The minimum absolute atomic E-state index is 0.0169. The van der Waals surface area contributed by atoms with E-state index in [4.69, 9.17) is 21.1 Å². The van der Waals surface area contributed by atoms with Crippen LogP contribution in [0.1, 0.15) is 25.0 Å². The first-order valence-corrected chi connectivity index (χ1v) is 5.79. The van der Waals surface area contributed by atoms with E-state index in [0.717, 1.165) is 11.1 Å². The molecule has 0 atom stereocenters. The quantitative estimate of drug-likeness (QED) is 0.903. The third-order valence-electron chi connectivity index (χ3n) is 2.88. The van der Waals surface area contributed by atoms with Gasteiger partial charge in [-0.1, -0.05) is 25.4 Å². The van der Waals surface area contributed by atoms with Crippen LogP contribution >= 0.6 is 11.6 Å². The van der Waals surface area contributed by atoms with Gasteiger partial charge in [-0.05, 0) is 24.1 Å². The molecule has 0 heterocycles. The Labute approximate surface area is 107 Å². The van der Waals surface area contributed by atoms with Crippen molar-refractivity contribution < 1.29 is 14.6 Å². The molecule has 17 heavy (non-hydrogen) atoms. The predicted octanol–water partition coefficient (Wildman–Crippen LogP) is 2.94. The van der Waals surface area contributed by atoms with Crippen LogP contribution in [0.25, 0.3) is 0 Å². The molecule has 3 nitrogen and oxygen atoms in total. The summed E-state index contributed by atoms with van der Waals surface area (Å²) in [5.74, 6) is 1.11. The lowest BCUT2D eigenvalue weighted by Crippen LogP contribution is -2.24. The maximum Gasteiger partial charge on any atom is 0.179 e. The van der Waals surface area contributed by atoms with Crippen molar-refractivity contribution in [3.8, 4) is 11.5 Å². The highest BCUT2D eigenvalue weighted by atomic mass is 35.5. The summed E-state index contributed by atoms with van der Waals surface area (Å²) in [6.07, 6.45) is 0. The fourth-order valence-corrected chi connectivity index (χ4v) is 2.56. The first-order valence-electron chi connectivity index (χ1n) is 5.41. The lowest BCUT2D eigenvalue weighted by Gasteiger charge is -2.27. The fourth-order valence-electron chi connectivity index (χ4n) is 1.98. The molecule has 1 rings (SSSR count). The molecule has 0 aliphatic carbocycles. The number of aryl methyl sites for hydroxylation is 1. The van der Waals surface area contributed by atoms with Crippen molar-refractivity contribution in [1.29, 1.82) is 0 Å². The van der Waals surface area contributed by atoms with Gasteiger partial charge < -0.3 is 14.6 Å². The van der Waals surface area contributed by atoms with Crippen molar-refractivity contribution >= 4 is 11.6 Å². The molecule has 0 spiro atoms. The molecule has 1 N–H and O–H groups in total. The summed E-state index contributed by atoms with van der Waals surface area (Å²) in [5.41, 5.74) is 1.45. The van der Waals surface area contributed by atoms with Crippen molar-refractivity contribution in [2.45, 2.75) is 26.2 Å². The van der Waals surface area contributed by atoms with Gasteiger partial charge in [-0.15, -0.1) is 0 Å². The Bertz CT molecular complexity index is 414. The van der Waals surface area contributed by atoms with E-state index in [1.807, 2.05) is 26.8 Å². The van der Waals surface area contributed by atoms with Crippen LogP contribution < -0.4 is 9.47 Å². The molecule has 0 radical (unpaired) electrons. The Balaban J connectivity index is 3.53. The van der Waals surface area contributed by atoms with Gasteiger partial charge in [0.1, 0.15) is 0 Å². The zero-order valence-electron chi connectivity index (χ0n) is 10.9. The standard InChI is InChI=1S/C13H19ClO3/c1-8-6-9(16-4)12(17-5)11(14)10(8)13(2,3)7-15/h6,15H,7H2,1-5H3. The van der Waals surface area contributed by atoms with E-state index in [9.17, 15) is 5.11 Å². The Morgan fingerprint density at radius 3 is 2.29 bits per heavy atom. The summed E-state index contributed by atoms with van der Waals surface area (Å²) in [4.78, 5) is 0. The molecule has 0 bridgehead atoms. The van der Waals surface area contributed by atoms with Crippen LogP contribution in [0.3, 0.4) is 0 Å². The van der Waals surface area contributed by atoms with E-state index in [1.54, 1.807) is 14.2 Å². The van der Waals surface area contributed by atoms with Crippen molar-refractivity contribution in [3.63, 3.8) is 0 Å². The van der Waals surface area contributed by atoms with Crippen LogP contribution in [0.15, 0.2) is 6.07 Å². The second kappa shape index (κ2) is 5.15. The maximum atomic E-state index is 9.46. The van der Waals surface area contributed by atoms with Crippen LogP contribution in [-0.2, 0) is 5.41 Å². The van der Waals surface area contributed by atoms with E-state index in [-0.39, 0.29) is 6.61 Å². The summed E-state index contributed by atoms with van der Waals surface area (Å²) >= 11 is 6.35. The van der Waals surface area contributed by atoms with Crippen LogP contribution in [0.4, 0.5) is 0 Å². The van der Waals surface area contributed by atoms with Crippen molar-refractivity contribution in [3.05, 3.63) is 22.2 Å². The number of hydrogen-bond donors (Lipinski definition) is 1. The minimum Gasteiger partial charge on any atom is -0.493 e. The Morgan fingerprint density at radius 2 is 1.88 bits per heavy atom. The van der Waals surface area contributed by atoms with Gasteiger partial charge in [0.25, 0.3) is 0 Å². The summed E-state index contributed by atoms with van der Waals surface area (Å²) in [5, 5.41) is 9.96. The molecular formula is C13H19ClO3. The second-order valence-corrected chi connectivity index (χ2v) is 5.04. The van der Waals surface area contributed by atoms with E-state index in [2.05, 4.69) is 0 Å². The third-order valence-corrected chi connectivity index (χ3v) is 3.24. The van der Waals surface area contributed by atoms with Crippen LogP contribution in [-0.4, -0.2) is 25.9 Å². The zero-order chi connectivity index (χ0) is 13.2. The van der Waals surface area contributed by atoms with E-state index in [1.165, 1.54) is 0 Å². The molecule has 4 heteroatoms. The molecule has 0 saturated heterocycles. The van der Waals surface area contributed by atoms with E-state index < -0.39 is 5.41 Å². The zero-order valence-corrected chi connectivity index (χ0v) is 11.7. The Hall–Kier alpha value is -0.930. The molecule has 0 aromatic heterocycles. The molecule has 0 aliphatic heterocycles. The molecule has 1 aromatic carbocycles. The lowest BCUT2D eigenvalue weighted by molar-refractivity contribution is 0.217. The third kappa shape index (κ3) is 2.50. The SMILES string of the molecule is COc1cc(C)c(C(C)(C)CO)c(Cl)c1OC. The Kier molecular flexibility index (Phi) is 4.28. The number of halogens is 1. The number of methoxy groups -OCH3 is 2. The second-order valence-electron chi connectivity index (χ2n) is 4.66. The van der Waals surface area contributed by atoms with Gasteiger partial charge in [0, 0.05) is 5.41 Å². The van der Waals surface area contributed by atoms with Gasteiger partial charge in [-0.25, -0.2) is 0 Å². The number of hydrogen-bond acceptors (Lipinski definition) is 3. The van der Waals surface area contributed by atoms with E-state index >= 15 is 0 Å². The highest BCUT2D eigenvalue weighted by Crippen LogP contribution is 2.43. The van der Waals surface area contributed by atoms with Crippen LogP contribution in [0, 0.1) is 6.92 Å². The molecular weight excluding hydrogens is 240 g/mol. The summed E-state index contributed by atoms with van der Waals surface area (Å²) < 4.78 is 10.5. The van der Waals surface area contributed by atoms with Gasteiger partial charge in [-0.3, -0.25) is 0 Å². The summed E-state index contributed by atoms with van der Waals surface area (Å²) in [7, 11) is 3.12. The molecule has 96 valence electrons. The number of ether oxygens (including phenoxy) is 2. The van der Waals surface area contributed by atoms with Crippen LogP contribution in [0.5, 0.6) is 11.5 Å². The van der Waals surface area contributed by atoms with Gasteiger partial charge in [-0.2, -0.15) is 0 Å². The van der Waals surface area contributed by atoms with Crippen molar-refractivity contribution in [2.75, 3.05) is 20.8 Å². The minimum atomic E-state index is -0.416. The lowest BCUT2D eigenvalue weighted by atomic mass is 9.82. The van der Waals surface area contributed by atoms with Gasteiger partial charge in [0.15, 0.2) is 11.5 Å². The molecule has 0 fully saturated rings. The maximum absolute atomic E-state index is 9.46. The van der Waals surface area contributed by atoms with Gasteiger partial charge in [0.05, 0.1) is 25.8 Å². The first kappa shape index (κ1) is 14.1. The molecule has 0 aliphatic rings. The van der Waals surface area contributed by atoms with Crippen molar-refractivity contribution in [1.82, 2.24) is 0 Å².